The Morgan fingerprint density at radius 1 is 1.10 bits per heavy atom. The number of hydrogen-bond donors (Lipinski definition) is 1. The van der Waals surface area contributed by atoms with Crippen LogP contribution in [0.2, 0.25) is 0 Å². The molecule has 0 fully saturated rings. The molecule has 0 saturated heterocycles. The molecule has 0 bridgehead atoms. The molecule has 3 rings (SSSR count). The number of aryl methyl sites for hydroxylation is 1. The molecule has 0 saturated carbocycles. The zero-order chi connectivity index (χ0) is 20.9. The highest BCUT2D eigenvalue weighted by molar-refractivity contribution is 6.05. The van der Waals surface area contributed by atoms with Crippen LogP contribution in [0.25, 0.3) is 0 Å². The highest BCUT2D eigenvalue weighted by Crippen LogP contribution is 2.30. The molecule has 0 radical (unpaired) electrons. The number of anilines is 2. The molecule has 0 unspecified atom stereocenters. The second-order valence-corrected chi connectivity index (χ2v) is 7.16. The number of carbonyl (C=O) groups is 1. The molecule has 1 amide bonds. The Hall–Kier alpha value is -2.83. The number of amides is 1. The second kappa shape index (κ2) is 9.11. The molecule has 1 aliphatic heterocycles. The van der Waals surface area contributed by atoms with Crippen LogP contribution >= 0.6 is 0 Å². The summed E-state index contributed by atoms with van der Waals surface area (Å²) >= 11 is 0. The zero-order valence-corrected chi connectivity index (χ0v) is 16.3. The van der Waals surface area contributed by atoms with Crippen molar-refractivity contribution in [3.8, 4) is 0 Å². The van der Waals surface area contributed by atoms with Gasteiger partial charge in [-0.2, -0.15) is 13.2 Å². The smallest absolute Gasteiger partial charge is 0.325 e. The summed E-state index contributed by atoms with van der Waals surface area (Å²) in [5.74, 6) is 0.447. The Morgan fingerprint density at radius 2 is 1.86 bits per heavy atom. The van der Waals surface area contributed by atoms with E-state index in [0.29, 0.717) is 6.54 Å². The molecule has 7 heteroatoms. The Kier molecular flexibility index (Phi) is 6.56. The van der Waals surface area contributed by atoms with Crippen LogP contribution in [0.1, 0.15) is 36.8 Å². The summed E-state index contributed by atoms with van der Waals surface area (Å²) in [5.41, 5.74) is 1.27. The molecule has 0 aromatic heterocycles. The zero-order valence-electron chi connectivity index (χ0n) is 16.3. The van der Waals surface area contributed by atoms with Gasteiger partial charge in [-0.3, -0.25) is 9.79 Å². The fourth-order valence-electron chi connectivity index (χ4n) is 3.25. The van der Waals surface area contributed by atoms with Crippen molar-refractivity contribution < 1.29 is 18.0 Å². The van der Waals surface area contributed by atoms with Crippen LogP contribution in [0.5, 0.6) is 0 Å². The van der Waals surface area contributed by atoms with E-state index in [1.54, 1.807) is 0 Å². The number of aliphatic imine (C=N–C) groups is 1. The van der Waals surface area contributed by atoms with Crippen LogP contribution in [0.3, 0.4) is 0 Å². The lowest BCUT2D eigenvalue weighted by Gasteiger charge is -2.26. The largest absolute Gasteiger partial charge is 0.416 e. The molecular weight excluding hydrogens is 379 g/mol. The third-order valence-electron chi connectivity index (χ3n) is 4.79. The highest BCUT2D eigenvalue weighted by Gasteiger charge is 2.30. The summed E-state index contributed by atoms with van der Waals surface area (Å²) in [6, 6.07) is 12.4. The SMILES string of the molecule is Cc1ccc(N(CC(=O)Nc2cccc(C(F)(F)F)c2)C2=NCCCCC2)cc1. The molecule has 1 N–H and O–H groups in total. The van der Waals surface area contributed by atoms with Crippen molar-refractivity contribution >= 4 is 23.1 Å². The fraction of sp³-hybridized carbons (Fsp3) is 0.364. The van der Waals surface area contributed by atoms with E-state index in [2.05, 4.69) is 10.3 Å². The van der Waals surface area contributed by atoms with Crippen molar-refractivity contribution in [3.63, 3.8) is 0 Å². The molecule has 154 valence electrons. The average Bonchev–Trinajstić information content (AvgIpc) is 2.96. The van der Waals surface area contributed by atoms with Crippen LogP contribution < -0.4 is 10.2 Å². The van der Waals surface area contributed by atoms with Crippen LogP contribution in [-0.4, -0.2) is 24.8 Å². The lowest BCUT2D eigenvalue weighted by atomic mass is 10.1. The molecular formula is C22H24F3N3O. The van der Waals surface area contributed by atoms with Crippen LogP contribution in [0.15, 0.2) is 53.5 Å². The van der Waals surface area contributed by atoms with Crippen molar-refractivity contribution in [1.82, 2.24) is 0 Å². The Bertz CT molecular complexity index is 876. The molecule has 29 heavy (non-hydrogen) atoms. The molecule has 0 aliphatic carbocycles. The summed E-state index contributed by atoms with van der Waals surface area (Å²) in [4.78, 5) is 19.2. The van der Waals surface area contributed by atoms with Gasteiger partial charge in [-0.1, -0.05) is 30.2 Å². The fourth-order valence-corrected chi connectivity index (χ4v) is 3.25. The van der Waals surface area contributed by atoms with Gasteiger partial charge < -0.3 is 10.2 Å². The lowest BCUT2D eigenvalue weighted by molar-refractivity contribution is -0.137. The molecule has 2 aromatic rings. The van der Waals surface area contributed by atoms with Gasteiger partial charge in [0.05, 0.1) is 5.56 Å². The highest BCUT2D eigenvalue weighted by atomic mass is 19.4. The van der Waals surface area contributed by atoms with E-state index in [4.69, 9.17) is 0 Å². The lowest BCUT2D eigenvalue weighted by Crippen LogP contribution is -2.38. The van der Waals surface area contributed by atoms with Crippen molar-refractivity contribution in [2.45, 2.75) is 38.8 Å². The molecule has 1 heterocycles. The van der Waals surface area contributed by atoms with E-state index < -0.39 is 17.6 Å². The minimum absolute atomic E-state index is 0.0157. The number of carbonyl (C=O) groups excluding carboxylic acids is 1. The van der Waals surface area contributed by atoms with E-state index in [1.165, 1.54) is 12.1 Å². The number of nitrogens with zero attached hydrogens (tertiary/aromatic N) is 2. The predicted molar refractivity (Wildman–Crippen MR) is 109 cm³/mol. The first kappa shape index (κ1) is 20.9. The standard InChI is InChI=1S/C22H24F3N3O/c1-16-9-11-19(12-10-16)28(20-8-3-2-4-13-26-20)15-21(29)27-18-7-5-6-17(14-18)22(23,24)25/h5-7,9-12,14H,2-4,8,13,15H2,1H3,(H,27,29). The number of amidine groups is 1. The van der Waals surface area contributed by atoms with E-state index in [0.717, 1.165) is 54.9 Å². The van der Waals surface area contributed by atoms with E-state index in [-0.39, 0.29) is 12.2 Å². The van der Waals surface area contributed by atoms with Crippen LogP contribution in [0.4, 0.5) is 24.5 Å². The Morgan fingerprint density at radius 3 is 2.59 bits per heavy atom. The van der Waals surface area contributed by atoms with E-state index >= 15 is 0 Å². The van der Waals surface area contributed by atoms with E-state index in [1.807, 2.05) is 36.1 Å². The van der Waals surface area contributed by atoms with Gasteiger partial charge in [0, 0.05) is 24.3 Å². The normalized spacial score (nSPS) is 14.7. The van der Waals surface area contributed by atoms with Gasteiger partial charge in [-0.05, 0) is 50.1 Å². The van der Waals surface area contributed by atoms with E-state index in [9.17, 15) is 18.0 Å². The van der Waals surface area contributed by atoms with Gasteiger partial charge in [0.25, 0.3) is 0 Å². The molecule has 2 aromatic carbocycles. The van der Waals surface area contributed by atoms with Gasteiger partial charge in [-0.25, -0.2) is 0 Å². The molecule has 0 spiro atoms. The van der Waals surface area contributed by atoms with Gasteiger partial charge in [0.2, 0.25) is 5.91 Å². The van der Waals surface area contributed by atoms with Crippen molar-refractivity contribution in [2.24, 2.45) is 4.99 Å². The molecule has 1 aliphatic rings. The summed E-state index contributed by atoms with van der Waals surface area (Å²) < 4.78 is 38.7. The summed E-state index contributed by atoms with van der Waals surface area (Å²) in [6.45, 7) is 2.68. The maximum atomic E-state index is 12.9. The van der Waals surface area contributed by atoms with Crippen molar-refractivity contribution in [3.05, 3.63) is 59.7 Å². The Labute approximate surface area is 168 Å². The number of hydrogen-bond acceptors (Lipinski definition) is 3. The summed E-state index contributed by atoms with van der Waals surface area (Å²) in [6.07, 6.45) is -0.586. The first-order valence-electron chi connectivity index (χ1n) is 9.67. The third kappa shape index (κ3) is 5.82. The quantitative estimate of drug-likeness (QED) is 0.740. The topological polar surface area (TPSA) is 44.7 Å². The monoisotopic (exact) mass is 403 g/mol. The van der Waals surface area contributed by atoms with Gasteiger partial charge >= 0.3 is 6.18 Å². The first-order chi connectivity index (χ1) is 13.8. The second-order valence-electron chi connectivity index (χ2n) is 7.16. The van der Waals surface area contributed by atoms with Crippen LogP contribution in [-0.2, 0) is 11.0 Å². The minimum Gasteiger partial charge on any atom is -0.325 e. The summed E-state index contributed by atoms with van der Waals surface area (Å²) in [7, 11) is 0. The predicted octanol–water partition coefficient (Wildman–Crippen LogP) is 5.43. The van der Waals surface area contributed by atoms with Gasteiger partial charge in [-0.15, -0.1) is 0 Å². The number of nitrogens with one attached hydrogen (secondary N) is 1. The average molecular weight is 403 g/mol. The van der Waals surface area contributed by atoms with Gasteiger partial charge in [0.15, 0.2) is 0 Å². The molecule has 4 nitrogen and oxygen atoms in total. The Balaban J connectivity index is 1.79. The van der Waals surface area contributed by atoms with Crippen LogP contribution in [0, 0.1) is 6.92 Å². The maximum Gasteiger partial charge on any atom is 0.416 e. The van der Waals surface area contributed by atoms with Gasteiger partial charge in [0.1, 0.15) is 12.4 Å². The summed E-state index contributed by atoms with van der Waals surface area (Å²) in [5, 5.41) is 2.59. The van der Waals surface area contributed by atoms with Crippen molar-refractivity contribution in [2.75, 3.05) is 23.3 Å². The number of halogens is 3. The number of rotatable bonds is 4. The number of benzene rings is 2. The van der Waals surface area contributed by atoms with Crippen molar-refractivity contribution in [1.29, 1.82) is 0 Å². The molecule has 0 atom stereocenters. The number of alkyl halides is 3. The maximum absolute atomic E-state index is 12.9. The first-order valence-corrected chi connectivity index (χ1v) is 9.67. The third-order valence-corrected chi connectivity index (χ3v) is 4.79. The minimum atomic E-state index is -4.45.